The first kappa shape index (κ1) is 14.6. The van der Waals surface area contributed by atoms with Crippen molar-refractivity contribution in [2.45, 2.75) is 38.5 Å². The molecule has 1 aromatic carbocycles. The van der Waals surface area contributed by atoms with E-state index in [9.17, 15) is 4.79 Å². The van der Waals surface area contributed by atoms with Gasteiger partial charge in [-0.05, 0) is 50.6 Å². The number of nitrogens with one attached hydrogen (secondary N) is 1. The summed E-state index contributed by atoms with van der Waals surface area (Å²) in [5, 5.41) is 3.48. The van der Waals surface area contributed by atoms with Gasteiger partial charge in [0.05, 0.1) is 5.41 Å². The predicted molar refractivity (Wildman–Crippen MR) is 85.2 cm³/mol. The van der Waals surface area contributed by atoms with Gasteiger partial charge in [0.25, 0.3) is 0 Å². The molecule has 0 radical (unpaired) electrons. The topological polar surface area (TPSA) is 32.3 Å². The van der Waals surface area contributed by atoms with E-state index >= 15 is 0 Å². The molecule has 1 spiro atoms. The maximum absolute atomic E-state index is 12.9. The Morgan fingerprint density at radius 1 is 1.14 bits per heavy atom. The first-order chi connectivity index (χ1) is 10.0. The SMILES string of the molecule is CC(C)(C(=O)N1CCC2(CCNC2)CC1)c1ccccc1. The maximum Gasteiger partial charge on any atom is 0.232 e. The van der Waals surface area contributed by atoms with Crippen LogP contribution in [0.25, 0.3) is 0 Å². The highest BCUT2D eigenvalue weighted by Gasteiger charge is 2.41. The van der Waals surface area contributed by atoms with Gasteiger partial charge in [-0.2, -0.15) is 0 Å². The molecule has 1 N–H and O–H groups in total. The van der Waals surface area contributed by atoms with Gasteiger partial charge in [0, 0.05) is 19.6 Å². The first-order valence-electron chi connectivity index (χ1n) is 8.09. The third-order valence-electron chi connectivity index (χ3n) is 5.47. The molecule has 0 bridgehead atoms. The zero-order valence-electron chi connectivity index (χ0n) is 13.2. The number of likely N-dealkylation sites (tertiary alicyclic amines) is 1. The Bertz CT molecular complexity index is 493. The molecule has 1 aromatic rings. The molecule has 0 aromatic heterocycles. The Labute approximate surface area is 127 Å². The average molecular weight is 286 g/mol. The van der Waals surface area contributed by atoms with E-state index in [1.54, 1.807) is 0 Å². The Morgan fingerprint density at radius 2 is 1.81 bits per heavy atom. The minimum Gasteiger partial charge on any atom is -0.342 e. The minimum absolute atomic E-state index is 0.273. The number of carbonyl (C=O) groups excluding carboxylic acids is 1. The quantitative estimate of drug-likeness (QED) is 0.906. The molecule has 2 fully saturated rings. The summed E-state index contributed by atoms with van der Waals surface area (Å²) in [6, 6.07) is 10.1. The lowest BCUT2D eigenvalue weighted by atomic mass is 9.76. The van der Waals surface area contributed by atoms with Gasteiger partial charge in [-0.15, -0.1) is 0 Å². The van der Waals surface area contributed by atoms with Crippen molar-refractivity contribution < 1.29 is 4.79 Å². The third-order valence-corrected chi connectivity index (χ3v) is 5.47. The molecule has 2 aliphatic rings. The molecule has 0 atom stereocenters. The number of nitrogens with zero attached hydrogens (tertiary/aromatic N) is 1. The summed E-state index contributed by atoms with van der Waals surface area (Å²) in [5.74, 6) is 0.273. The number of benzene rings is 1. The fraction of sp³-hybridized carbons (Fsp3) is 0.611. The number of carbonyl (C=O) groups is 1. The van der Waals surface area contributed by atoms with E-state index in [1.807, 2.05) is 32.0 Å². The highest BCUT2D eigenvalue weighted by atomic mass is 16.2. The Hall–Kier alpha value is -1.35. The summed E-state index contributed by atoms with van der Waals surface area (Å²) < 4.78 is 0. The lowest BCUT2D eigenvalue weighted by molar-refractivity contribution is -0.138. The monoisotopic (exact) mass is 286 g/mol. The molecule has 1 amide bonds. The zero-order chi connectivity index (χ0) is 14.9. The van der Waals surface area contributed by atoms with Crippen molar-refractivity contribution in [1.82, 2.24) is 10.2 Å². The van der Waals surface area contributed by atoms with Crippen molar-refractivity contribution >= 4 is 5.91 Å². The average Bonchev–Trinajstić information content (AvgIpc) is 2.96. The molecule has 21 heavy (non-hydrogen) atoms. The molecule has 3 heteroatoms. The van der Waals surface area contributed by atoms with Crippen LogP contribution in [0.1, 0.15) is 38.7 Å². The molecule has 2 saturated heterocycles. The van der Waals surface area contributed by atoms with Crippen molar-refractivity contribution in [3.63, 3.8) is 0 Å². The number of rotatable bonds is 2. The molecule has 114 valence electrons. The summed E-state index contributed by atoms with van der Waals surface area (Å²) in [7, 11) is 0. The van der Waals surface area contributed by atoms with Crippen LogP contribution in [-0.2, 0) is 10.2 Å². The second-order valence-corrected chi connectivity index (χ2v) is 7.21. The van der Waals surface area contributed by atoms with Crippen LogP contribution in [0.2, 0.25) is 0 Å². The smallest absolute Gasteiger partial charge is 0.232 e. The van der Waals surface area contributed by atoms with Crippen LogP contribution < -0.4 is 5.32 Å². The maximum atomic E-state index is 12.9. The molecule has 0 saturated carbocycles. The van der Waals surface area contributed by atoms with Gasteiger partial charge < -0.3 is 10.2 Å². The highest BCUT2D eigenvalue weighted by Crippen LogP contribution is 2.38. The molecule has 3 rings (SSSR count). The molecule has 2 heterocycles. The van der Waals surface area contributed by atoms with Crippen LogP contribution in [0.15, 0.2) is 30.3 Å². The van der Waals surface area contributed by atoms with Crippen molar-refractivity contribution in [2.24, 2.45) is 5.41 Å². The van der Waals surface area contributed by atoms with Crippen LogP contribution in [-0.4, -0.2) is 37.0 Å². The third kappa shape index (κ3) is 2.71. The normalized spacial score (nSPS) is 21.7. The van der Waals surface area contributed by atoms with E-state index in [0.29, 0.717) is 5.41 Å². The molecule has 0 aliphatic carbocycles. The van der Waals surface area contributed by atoms with Gasteiger partial charge >= 0.3 is 0 Å². The van der Waals surface area contributed by atoms with Crippen molar-refractivity contribution in [2.75, 3.05) is 26.2 Å². The van der Waals surface area contributed by atoms with Crippen LogP contribution >= 0.6 is 0 Å². The molecular weight excluding hydrogens is 260 g/mol. The number of piperidine rings is 1. The second kappa shape index (κ2) is 5.45. The molecule has 2 aliphatic heterocycles. The largest absolute Gasteiger partial charge is 0.342 e. The standard InChI is InChI=1S/C18H26N2O/c1-17(2,15-6-4-3-5-7-15)16(21)20-12-9-18(10-13-20)8-11-19-14-18/h3-7,19H,8-14H2,1-2H3. The van der Waals surface area contributed by atoms with Gasteiger partial charge in [-0.3, -0.25) is 4.79 Å². The summed E-state index contributed by atoms with van der Waals surface area (Å²) in [4.78, 5) is 15.0. The van der Waals surface area contributed by atoms with Crippen molar-refractivity contribution in [3.8, 4) is 0 Å². The van der Waals surface area contributed by atoms with Gasteiger partial charge in [0.1, 0.15) is 0 Å². The Kier molecular flexibility index (Phi) is 3.78. The minimum atomic E-state index is -0.431. The van der Waals surface area contributed by atoms with Crippen molar-refractivity contribution in [1.29, 1.82) is 0 Å². The van der Waals surface area contributed by atoms with E-state index in [-0.39, 0.29) is 5.91 Å². The molecular formula is C18H26N2O. The van der Waals surface area contributed by atoms with Gasteiger partial charge in [0.2, 0.25) is 5.91 Å². The summed E-state index contributed by atoms with van der Waals surface area (Å²) in [6.07, 6.45) is 3.57. The van der Waals surface area contributed by atoms with Gasteiger partial charge in [-0.25, -0.2) is 0 Å². The second-order valence-electron chi connectivity index (χ2n) is 7.21. The summed E-state index contributed by atoms with van der Waals surface area (Å²) in [6.45, 7) is 8.20. The fourth-order valence-electron chi connectivity index (χ4n) is 3.78. The van der Waals surface area contributed by atoms with E-state index in [0.717, 1.165) is 44.6 Å². The van der Waals surface area contributed by atoms with Gasteiger partial charge in [-0.1, -0.05) is 30.3 Å². The van der Waals surface area contributed by atoms with Crippen LogP contribution in [0.5, 0.6) is 0 Å². The number of hydrogen-bond donors (Lipinski definition) is 1. The van der Waals surface area contributed by atoms with Crippen LogP contribution in [0.4, 0.5) is 0 Å². The van der Waals surface area contributed by atoms with E-state index < -0.39 is 5.41 Å². The van der Waals surface area contributed by atoms with E-state index in [2.05, 4.69) is 22.3 Å². The van der Waals surface area contributed by atoms with E-state index in [4.69, 9.17) is 0 Å². The van der Waals surface area contributed by atoms with E-state index in [1.165, 1.54) is 6.42 Å². The molecule has 3 nitrogen and oxygen atoms in total. The number of hydrogen-bond acceptors (Lipinski definition) is 2. The summed E-state index contributed by atoms with van der Waals surface area (Å²) >= 11 is 0. The fourth-order valence-corrected chi connectivity index (χ4v) is 3.78. The Morgan fingerprint density at radius 3 is 2.38 bits per heavy atom. The lowest BCUT2D eigenvalue weighted by Gasteiger charge is -2.41. The lowest BCUT2D eigenvalue weighted by Crippen LogP contribution is -2.49. The first-order valence-corrected chi connectivity index (χ1v) is 8.09. The zero-order valence-corrected chi connectivity index (χ0v) is 13.2. The highest BCUT2D eigenvalue weighted by molar-refractivity contribution is 5.87. The van der Waals surface area contributed by atoms with Crippen molar-refractivity contribution in [3.05, 3.63) is 35.9 Å². The van der Waals surface area contributed by atoms with Crippen LogP contribution in [0, 0.1) is 5.41 Å². The van der Waals surface area contributed by atoms with Gasteiger partial charge in [0.15, 0.2) is 0 Å². The predicted octanol–water partition coefficient (Wildman–Crippen LogP) is 2.57. The summed E-state index contributed by atoms with van der Waals surface area (Å²) in [5.41, 5.74) is 1.14. The molecule has 0 unspecified atom stereocenters. The van der Waals surface area contributed by atoms with Crippen LogP contribution in [0.3, 0.4) is 0 Å². The Balaban J connectivity index is 1.69. The number of amides is 1.